The van der Waals surface area contributed by atoms with E-state index in [1.807, 2.05) is 16.3 Å². The van der Waals surface area contributed by atoms with Crippen LogP contribution in [0.2, 0.25) is 0 Å². The van der Waals surface area contributed by atoms with Gasteiger partial charge in [0.1, 0.15) is 5.84 Å². The van der Waals surface area contributed by atoms with Crippen molar-refractivity contribution in [1.29, 1.82) is 0 Å². The molecular formula is C19H17N3O3S3. The quantitative estimate of drug-likeness (QED) is 0.733. The van der Waals surface area contributed by atoms with E-state index >= 15 is 0 Å². The number of carbonyl (C=O) groups is 1. The minimum absolute atomic E-state index is 0.0396. The van der Waals surface area contributed by atoms with E-state index in [1.54, 1.807) is 45.9 Å². The van der Waals surface area contributed by atoms with Crippen LogP contribution >= 0.6 is 22.7 Å². The molecule has 28 heavy (non-hydrogen) atoms. The third kappa shape index (κ3) is 3.03. The number of sulfonamides is 1. The van der Waals surface area contributed by atoms with Crippen molar-refractivity contribution >= 4 is 44.4 Å². The molecule has 0 aromatic carbocycles. The normalized spacial score (nSPS) is 22.9. The number of amides is 1. The Kier molecular flexibility index (Phi) is 4.26. The van der Waals surface area contributed by atoms with Gasteiger partial charge in [0.25, 0.3) is 15.9 Å². The van der Waals surface area contributed by atoms with Gasteiger partial charge in [-0.05, 0) is 47.0 Å². The molecule has 1 atom stereocenters. The molecule has 6 nitrogen and oxygen atoms in total. The third-order valence-corrected chi connectivity index (χ3v) is 8.20. The van der Waals surface area contributed by atoms with Crippen LogP contribution in [0.15, 0.2) is 57.3 Å². The van der Waals surface area contributed by atoms with E-state index in [0.717, 1.165) is 11.3 Å². The summed E-state index contributed by atoms with van der Waals surface area (Å²) in [7, 11) is -3.40. The maximum atomic E-state index is 13.4. The summed E-state index contributed by atoms with van der Waals surface area (Å²) in [6.45, 7) is 0.973. The summed E-state index contributed by atoms with van der Waals surface area (Å²) in [5, 5.41) is 4.13. The molecule has 5 rings (SSSR count). The molecule has 0 saturated carbocycles. The average molecular weight is 432 g/mol. The molecule has 0 bridgehead atoms. The summed E-state index contributed by atoms with van der Waals surface area (Å²) in [6, 6.07) is 6.14. The number of fused-ring (bicyclic) bond motifs is 2. The highest BCUT2D eigenvalue weighted by Crippen LogP contribution is 2.40. The van der Waals surface area contributed by atoms with Crippen molar-refractivity contribution in [2.45, 2.75) is 12.5 Å². The van der Waals surface area contributed by atoms with Crippen molar-refractivity contribution in [3.63, 3.8) is 0 Å². The number of hydrogen-bond donors (Lipinski definition) is 0. The van der Waals surface area contributed by atoms with Crippen LogP contribution < -0.4 is 0 Å². The first kappa shape index (κ1) is 17.8. The van der Waals surface area contributed by atoms with Gasteiger partial charge >= 0.3 is 0 Å². The summed E-state index contributed by atoms with van der Waals surface area (Å²) in [4.78, 5) is 19.6. The first-order valence-corrected chi connectivity index (χ1v) is 12.3. The maximum absolute atomic E-state index is 13.4. The van der Waals surface area contributed by atoms with Gasteiger partial charge in [0.15, 0.2) is 0 Å². The molecule has 1 unspecified atom stereocenters. The van der Waals surface area contributed by atoms with Gasteiger partial charge in [-0.1, -0.05) is 6.07 Å². The van der Waals surface area contributed by atoms with Crippen LogP contribution in [0.1, 0.15) is 21.4 Å². The number of amidine groups is 1. The average Bonchev–Trinajstić information content (AvgIpc) is 3.37. The lowest BCUT2D eigenvalue weighted by Gasteiger charge is -2.36. The van der Waals surface area contributed by atoms with Crippen LogP contribution in [-0.2, 0) is 21.2 Å². The second kappa shape index (κ2) is 6.68. The molecule has 2 aromatic rings. The molecule has 3 aliphatic heterocycles. The highest BCUT2D eigenvalue weighted by molar-refractivity contribution is 7.90. The molecule has 0 fully saturated rings. The molecule has 1 amide bonds. The summed E-state index contributed by atoms with van der Waals surface area (Å²) in [5.41, 5.74) is 1.76. The second-order valence-electron chi connectivity index (χ2n) is 6.81. The maximum Gasteiger partial charge on any atom is 0.256 e. The molecule has 2 aromatic heterocycles. The molecule has 5 heterocycles. The van der Waals surface area contributed by atoms with Crippen LogP contribution in [0.5, 0.6) is 0 Å². The predicted octanol–water partition coefficient (Wildman–Crippen LogP) is 2.78. The van der Waals surface area contributed by atoms with Crippen LogP contribution in [0, 0.1) is 0 Å². The number of carbonyl (C=O) groups excluding carboxylic acids is 1. The van der Waals surface area contributed by atoms with E-state index < -0.39 is 10.0 Å². The number of hydrogen-bond acceptors (Lipinski definition) is 6. The topological polar surface area (TPSA) is 70.0 Å². The Balaban J connectivity index is 1.49. The number of rotatable bonds is 2. The van der Waals surface area contributed by atoms with Gasteiger partial charge in [0.05, 0.1) is 17.4 Å². The minimum atomic E-state index is -3.40. The van der Waals surface area contributed by atoms with E-state index in [4.69, 9.17) is 0 Å². The van der Waals surface area contributed by atoms with Gasteiger partial charge in [-0.25, -0.2) is 8.42 Å². The smallest absolute Gasteiger partial charge is 0.256 e. The van der Waals surface area contributed by atoms with Gasteiger partial charge < -0.3 is 9.80 Å². The molecule has 0 spiro atoms. The van der Waals surface area contributed by atoms with Crippen LogP contribution in [-0.4, -0.2) is 48.8 Å². The standard InChI is InChI=1S/C19H17N3O3S3/c23-19(13-3-4-17-20-28(24,25)11-8-21(17)12-13)22-7-5-15-14(6-10-27-15)18(22)16-2-1-9-26-16/h1-4,6,9-10,12,18H,5,7-8,11H2. The zero-order chi connectivity index (χ0) is 19.3. The van der Waals surface area contributed by atoms with Crippen LogP contribution in [0.4, 0.5) is 0 Å². The van der Waals surface area contributed by atoms with Crippen molar-refractivity contribution < 1.29 is 13.2 Å². The summed E-state index contributed by atoms with van der Waals surface area (Å²) in [6.07, 6.45) is 5.87. The monoisotopic (exact) mass is 431 g/mol. The molecular weight excluding hydrogens is 414 g/mol. The fourth-order valence-corrected chi connectivity index (χ4v) is 6.51. The highest BCUT2D eigenvalue weighted by Gasteiger charge is 2.35. The molecule has 144 valence electrons. The SMILES string of the molecule is O=C(C1=CN2CCS(=O)(=O)N=C2C=C1)N1CCc2sccc2C1c1cccs1. The van der Waals surface area contributed by atoms with E-state index in [2.05, 4.69) is 21.9 Å². The Bertz CT molecular complexity index is 1130. The van der Waals surface area contributed by atoms with E-state index in [9.17, 15) is 13.2 Å². The Morgan fingerprint density at radius 1 is 1.14 bits per heavy atom. The lowest BCUT2D eigenvalue weighted by atomic mass is 9.97. The predicted molar refractivity (Wildman–Crippen MR) is 111 cm³/mol. The molecule has 0 radical (unpaired) electrons. The van der Waals surface area contributed by atoms with Crippen LogP contribution in [0.3, 0.4) is 0 Å². The van der Waals surface area contributed by atoms with Crippen LogP contribution in [0.25, 0.3) is 0 Å². The van der Waals surface area contributed by atoms with E-state index in [0.29, 0.717) is 24.5 Å². The number of thiophene rings is 2. The van der Waals surface area contributed by atoms with Crippen molar-refractivity contribution in [1.82, 2.24) is 9.80 Å². The highest BCUT2D eigenvalue weighted by atomic mass is 32.2. The van der Waals surface area contributed by atoms with Gasteiger partial charge in [-0.3, -0.25) is 4.79 Å². The van der Waals surface area contributed by atoms with E-state index in [1.165, 1.54) is 10.4 Å². The van der Waals surface area contributed by atoms with E-state index in [-0.39, 0.29) is 17.7 Å². The second-order valence-corrected chi connectivity index (χ2v) is 10.5. The largest absolute Gasteiger partial charge is 0.330 e. The summed E-state index contributed by atoms with van der Waals surface area (Å²) >= 11 is 3.41. The van der Waals surface area contributed by atoms with Crippen molar-refractivity contribution in [2.75, 3.05) is 18.8 Å². The molecule has 9 heteroatoms. The summed E-state index contributed by atoms with van der Waals surface area (Å²) in [5.74, 6) is 0.289. The van der Waals surface area contributed by atoms with Gasteiger partial charge in [0.2, 0.25) is 0 Å². The van der Waals surface area contributed by atoms with Crippen molar-refractivity contribution in [3.8, 4) is 0 Å². The lowest BCUT2D eigenvalue weighted by Crippen LogP contribution is -2.42. The van der Waals surface area contributed by atoms with Gasteiger partial charge in [0, 0.05) is 29.0 Å². The Morgan fingerprint density at radius 2 is 2.04 bits per heavy atom. The van der Waals surface area contributed by atoms with Crippen molar-refractivity contribution in [3.05, 3.63) is 68.2 Å². The van der Waals surface area contributed by atoms with Crippen molar-refractivity contribution in [2.24, 2.45) is 4.40 Å². The third-order valence-electron chi connectivity index (χ3n) is 5.11. The zero-order valence-corrected chi connectivity index (χ0v) is 17.3. The molecule has 0 aliphatic carbocycles. The molecule has 0 saturated heterocycles. The Labute approximate surface area is 171 Å². The molecule has 3 aliphatic rings. The fourth-order valence-electron chi connectivity index (χ4n) is 3.78. The van der Waals surface area contributed by atoms with Gasteiger partial charge in [-0.2, -0.15) is 0 Å². The Hall–Kier alpha value is -2.23. The Morgan fingerprint density at radius 3 is 2.86 bits per heavy atom. The number of nitrogens with zero attached hydrogens (tertiary/aromatic N) is 3. The first-order valence-electron chi connectivity index (χ1n) is 8.92. The van der Waals surface area contributed by atoms with Gasteiger partial charge in [-0.15, -0.1) is 27.1 Å². The minimum Gasteiger partial charge on any atom is -0.330 e. The summed E-state index contributed by atoms with van der Waals surface area (Å²) < 4.78 is 27.2. The molecule has 0 N–H and O–H groups in total. The lowest BCUT2D eigenvalue weighted by molar-refractivity contribution is -0.128. The zero-order valence-electron chi connectivity index (χ0n) is 14.8. The fraction of sp³-hybridized carbons (Fsp3) is 0.263. The first-order chi connectivity index (χ1) is 13.5.